The SMILES string of the molecule is CC(C)NCC1OCCN(C)C1c1cccs1. The van der Waals surface area contributed by atoms with Crippen molar-refractivity contribution < 1.29 is 4.74 Å². The highest BCUT2D eigenvalue weighted by molar-refractivity contribution is 7.10. The van der Waals surface area contributed by atoms with Gasteiger partial charge in [0, 0.05) is 24.0 Å². The van der Waals surface area contributed by atoms with E-state index in [1.54, 1.807) is 0 Å². The van der Waals surface area contributed by atoms with Crippen LogP contribution in [0, 0.1) is 0 Å². The molecule has 2 unspecified atom stereocenters. The lowest BCUT2D eigenvalue weighted by atomic mass is 10.1. The van der Waals surface area contributed by atoms with E-state index in [1.807, 2.05) is 11.3 Å². The van der Waals surface area contributed by atoms with E-state index < -0.39 is 0 Å². The zero-order chi connectivity index (χ0) is 12.3. The van der Waals surface area contributed by atoms with E-state index >= 15 is 0 Å². The fraction of sp³-hybridized carbons (Fsp3) is 0.692. The first kappa shape index (κ1) is 13.0. The second kappa shape index (κ2) is 5.96. The van der Waals surface area contributed by atoms with Crippen LogP contribution in [0.4, 0.5) is 0 Å². The Labute approximate surface area is 108 Å². The molecule has 0 radical (unpaired) electrons. The van der Waals surface area contributed by atoms with E-state index in [-0.39, 0.29) is 6.10 Å². The molecule has 17 heavy (non-hydrogen) atoms. The zero-order valence-electron chi connectivity index (χ0n) is 10.8. The van der Waals surface area contributed by atoms with Crippen molar-refractivity contribution in [2.24, 2.45) is 0 Å². The third-order valence-corrected chi connectivity index (χ3v) is 4.11. The second-order valence-corrected chi connectivity index (χ2v) is 5.89. The quantitative estimate of drug-likeness (QED) is 0.891. The number of morpholine rings is 1. The van der Waals surface area contributed by atoms with Crippen LogP contribution in [-0.4, -0.2) is 43.8 Å². The second-order valence-electron chi connectivity index (χ2n) is 4.91. The summed E-state index contributed by atoms with van der Waals surface area (Å²) in [4.78, 5) is 3.81. The summed E-state index contributed by atoms with van der Waals surface area (Å²) in [5.41, 5.74) is 0. The Kier molecular flexibility index (Phi) is 4.56. The third kappa shape index (κ3) is 3.28. The Morgan fingerprint density at radius 1 is 1.59 bits per heavy atom. The van der Waals surface area contributed by atoms with Gasteiger partial charge < -0.3 is 10.1 Å². The Hall–Kier alpha value is -0.420. The summed E-state index contributed by atoms with van der Waals surface area (Å²) >= 11 is 1.82. The first-order chi connectivity index (χ1) is 8.18. The number of nitrogens with zero attached hydrogens (tertiary/aromatic N) is 1. The average Bonchev–Trinajstić information content (AvgIpc) is 2.79. The topological polar surface area (TPSA) is 24.5 Å². The van der Waals surface area contributed by atoms with Gasteiger partial charge in [-0.3, -0.25) is 4.90 Å². The number of thiophene rings is 1. The lowest BCUT2D eigenvalue weighted by Crippen LogP contribution is -2.48. The van der Waals surface area contributed by atoms with Gasteiger partial charge in [-0.15, -0.1) is 11.3 Å². The molecule has 0 aliphatic carbocycles. The highest BCUT2D eigenvalue weighted by Gasteiger charge is 2.31. The fourth-order valence-corrected chi connectivity index (χ4v) is 3.19. The lowest BCUT2D eigenvalue weighted by molar-refractivity contribution is -0.0608. The number of hydrogen-bond acceptors (Lipinski definition) is 4. The van der Waals surface area contributed by atoms with E-state index in [0.29, 0.717) is 12.1 Å². The lowest BCUT2D eigenvalue weighted by Gasteiger charge is -2.39. The van der Waals surface area contributed by atoms with Crippen LogP contribution in [0.2, 0.25) is 0 Å². The molecular weight excluding hydrogens is 232 g/mol. The molecule has 1 aliphatic rings. The molecular formula is C13H22N2OS. The third-order valence-electron chi connectivity index (χ3n) is 3.16. The molecule has 0 spiro atoms. The molecule has 1 aromatic rings. The smallest absolute Gasteiger partial charge is 0.0904 e. The van der Waals surface area contributed by atoms with Crippen molar-refractivity contribution in [1.82, 2.24) is 10.2 Å². The van der Waals surface area contributed by atoms with Gasteiger partial charge in [0.25, 0.3) is 0 Å². The molecule has 0 bridgehead atoms. The molecule has 0 amide bonds. The molecule has 1 aliphatic heterocycles. The molecule has 0 saturated carbocycles. The minimum Gasteiger partial charge on any atom is -0.374 e. The summed E-state index contributed by atoms with van der Waals surface area (Å²) in [5, 5.41) is 5.62. The largest absolute Gasteiger partial charge is 0.374 e. The maximum Gasteiger partial charge on any atom is 0.0904 e. The maximum atomic E-state index is 5.94. The Balaban J connectivity index is 2.06. The molecule has 0 aromatic carbocycles. The molecule has 96 valence electrons. The molecule has 2 atom stereocenters. The fourth-order valence-electron chi connectivity index (χ4n) is 2.24. The summed E-state index contributed by atoms with van der Waals surface area (Å²) in [6.45, 7) is 7.12. The monoisotopic (exact) mass is 254 g/mol. The molecule has 2 rings (SSSR count). The van der Waals surface area contributed by atoms with Crippen molar-refractivity contribution in [3.05, 3.63) is 22.4 Å². The van der Waals surface area contributed by atoms with Crippen molar-refractivity contribution >= 4 is 11.3 Å². The van der Waals surface area contributed by atoms with Crippen LogP contribution in [0.1, 0.15) is 24.8 Å². The summed E-state index contributed by atoms with van der Waals surface area (Å²) in [6.07, 6.45) is 0.259. The minimum atomic E-state index is 0.259. The van der Waals surface area contributed by atoms with Crippen LogP contribution in [0.3, 0.4) is 0 Å². The van der Waals surface area contributed by atoms with Crippen molar-refractivity contribution in [1.29, 1.82) is 0 Å². The highest BCUT2D eigenvalue weighted by Crippen LogP contribution is 2.31. The van der Waals surface area contributed by atoms with Gasteiger partial charge in [-0.2, -0.15) is 0 Å². The number of nitrogens with one attached hydrogen (secondary N) is 1. The number of likely N-dealkylation sites (N-methyl/N-ethyl adjacent to an activating group) is 1. The van der Waals surface area contributed by atoms with E-state index in [2.05, 4.69) is 48.6 Å². The van der Waals surface area contributed by atoms with E-state index in [0.717, 1.165) is 19.7 Å². The predicted octanol–water partition coefficient (Wildman–Crippen LogP) is 2.12. The van der Waals surface area contributed by atoms with Gasteiger partial charge >= 0.3 is 0 Å². The molecule has 1 saturated heterocycles. The Bertz CT molecular complexity index is 326. The summed E-state index contributed by atoms with van der Waals surface area (Å²) < 4.78 is 5.94. The molecule has 1 aromatic heterocycles. The molecule has 4 heteroatoms. The van der Waals surface area contributed by atoms with Crippen LogP contribution < -0.4 is 5.32 Å². The van der Waals surface area contributed by atoms with Gasteiger partial charge in [0.15, 0.2) is 0 Å². The van der Waals surface area contributed by atoms with Gasteiger partial charge in [-0.25, -0.2) is 0 Å². The van der Waals surface area contributed by atoms with Crippen LogP contribution >= 0.6 is 11.3 Å². The van der Waals surface area contributed by atoms with Crippen molar-refractivity contribution in [2.75, 3.05) is 26.7 Å². The maximum absolute atomic E-state index is 5.94. The van der Waals surface area contributed by atoms with Gasteiger partial charge in [0.2, 0.25) is 0 Å². The van der Waals surface area contributed by atoms with E-state index in [4.69, 9.17) is 4.74 Å². The van der Waals surface area contributed by atoms with Crippen LogP contribution in [0.15, 0.2) is 17.5 Å². The predicted molar refractivity (Wildman–Crippen MR) is 72.6 cm³/mol. The standard InChI is InChI=1S/C13H22N2OS/c1-10(2)14-9-11-13(12-5-4-8-17-12)15(3)6-7-16-11/h4-5,8,10-11,13-14H,6-7,9H2,1-3H3. The Morgan fingerprint density at radius 2 is 2.41 bits per heavy atom. The zero-order valence-corrected chi connectivity index (χ0v) is 11.7. The average molecular weight is 254 g/mol. The molecule has 2 heterocycles. The molecule has 3 nitrogen and oxygen atoms in total. The first-order valence-electron chi connectivity index (χ1n) is 6.27. The molecule has 1 N–H and O–H groups in total. The first-order valence-corrected chi connectivity index (χ1v) is 7.15. The van der Waals surface area contributed by atoms with Crippen LogP contribution in [0.5, 0.6) is 0 Å². The molecule has 1 fully saturated rings. The van der Waals surface area contributed by atoms with Crippen molar-refractivity contribution in [3.63, 3.8) is 0 Å². The number of ether oxygens (including phenoxy) is 1. The highest BCUT2D eigenvalue weighted by atomic mass is 32.1. The van der Waals surface area contributed by atoms with Gasteiger partial charge in [-0.05, 0) is 18.5 Å². The van der Waals surface area contributed by atoms with E-state index in [1.165, 1.54) is 4.88 Å². The summed E-state index contributed by atoms with van der Waals surface area (Å²) in [5.74, 6) is 0. The van der Waals surface area contributed by atoms with Gasteiger partial charge in [-0.1, -0.05) is 19.9 Å². The van der Waals surface area contributed by atoms with Crippen LogP contribution in [0.25, 0.3) is 0 Å². The normalized spacial score (nSPS) is 26.6. The number of hydrogen-bond donors (Lipinski definition) is 1. The number of rotatable bonds is 4. The van der Waals surface area contributed by atoms with Gasteiger partial charge in [0.05, 0.1) is 18.8 Å². The van der Waals surface area contributed by atoms with E-state index in [9.17, 15) is 0 Å². The summed E-state index contributed by atoms with van der Waals surface area (Å²) in [7, 11) is 2.19. The summed E-state index contributed by atoms with van der Waals surface area (Å²) in [6, 6.07) is 5.24. The van der Waals surface area contributed by atoms with Crippen molar-refractivity contribution in [2.45, 2.75) is 32.0 Å². The Morgan fingerprint density at radius 3 is 3.06 bits per heavy atom. The van der Waals surface area contributed by atoms with Crippen LogP contribution in [-0.2, 0) is 4.74 Å². The minimum absolute atomic E-state index is 0.259. The van der Waals surface area contributed by atoms with Gasteiger partial charge in [0.1, 0.15) is 0 Å². The van der Waals surface area contributed by atoms with Crippen molar-refractivity contribution in [3.8, 4) is 0 Å².